The molecule has 1 N–H and O–H groups in total. The van der Waals surface area contributed by atoms with Gasteiger partial charge in [0.05, 0.1) is 6.10 Å². The van der Waals surface area contributed by atoms with Crippen LogP contribution in [0.4, 0.5) is 4.39 Å². The highest BCUT2D eigenvalue weighted by molar-refractivity contribution is 5.40. The van der Waals surface area contributed by atoms with Crippen LogP contribution in [-0.2, 0) is 4.74 Å². The Morgan fingerprint density at radius 2 is 2.18 bits per heavy atom. The Kier molecular flexibility index (Phi) is 5.47. The van der Waals surface area contributed by atoms with Gasteiger partial charge in [0.1, 0.15) is 24.8 Å². The van der Waals surface area contributed by atoms with Gasteiger partial charge in [-0.15, -0.1) is 0 Å². The lowest BCUT2D eigenvalue weighted by Gasteiger charge is -2.11. The van der Waals surface area contributed by atoms with E-state index in [-0.39, 0.29) is 12.7 Å². The fraction of sp³-hybridized carbons (Fsp3) is 0.385. The molecule has 3 nitrogen and oxygen atoms in total. The molecule has 0 aromatic heterocycles. The summed E-state index contributed by atoms with van der Waals surface area (Å²) in [6.45, 7) is 1.94. The van der Waals surface area contributed by atoms with Crippen molar-refractivity contribution in [3.8, 4) is 17.6 Å². The maximum atomic E-state index is 13.2. The SMILES string of the molecule is COC(C)COc1cc(F)cc(C#CCO)c1. The van der Waals surface area contributed by atoms with E-state index in [9.17, 15) is 4.39 Å². The minimum absolute atomic E-state index is 0.0646. The maximum absolute atomic E-state index is 13.2. The predicted octanol–water partition coefficient (Wildman–Crippen LogP) is 1.58. The zero-order valence-corrected chi connectivity index (χ0v) is 9.87. The van der Waals surface area contributed by atoms with Crippen LogP contribution in [0.25, 0.3) is 0 Å². The van der Waals surface area contributed by atoms with Crippen molar-refractivity contribution in [1.29, 1.82) is 0 Å². The Balaban J connectivity index is 2.75. The van der Waals surface area contributed by atoms with Crippen molar-refractivity contribution < 1.29 is 19.0 Å². The fourth-order valence-corrected chi connectivity index (χ4v) is 1.14. The maximum Gasteiger partial charge on any atom is 0.128 e. The zero-order valence-electron chi connectivity index (χ0n) is 9.87. The van der Waals surface area contributed by atoms with E-state index in [0.717, 1.165) is 0 Å². The lowest BCUT2D eigenvalue weighted by Crippen LogP contribution is -2.16. The minimum atomic E-state index is -0.421. The molecule has 1 rings (SSSR count). The molecular formula is C13H15FO3. The third-order valence-corrected chi connectivity index (χ3v) is 2.07. The van der Waals surface area contributed by atoms with Crippen LogP contribution in [0, 0.1) is 17.7 Å². The van der Waals surface area contributed by atoms with Gasteiger partial charge in [-0.1, -0.05) is 11.8 Å². The molecule has 17 heavy (non-hydrogen) atoms. The van der Waals surface area contributed by atoms with Crippen molar-refractivity contribution in [1.82, 2.24) is 0 Å². The highest BCUT2D eigenvalue weighted by Gasteiger charge is 2.03. The lowest BCUT2D eigenvalue weighted by atomic mass is 10.2. The van der Waals surface area contributed by atoms with Crippen molar-refractivity contribution in [3.05, 3.63) is 29.6 Å². The van der Waals surface area contributed by atoms with Crippen molar-refractivity contribution in [2.24, 2.45) is 0 Å². The molecule has 1 unspecified atom stereocenters. The summed E-state index contributed by atoms with van der Waals surface area (Å²) in [4.78, 5) is 0. The van der Waals surface area contributed by atoms with Crippen molar-refractivity contribution in [3.63, 3.8) is 0 Å². The molecule has 0 bridgehead atoms. The van der Waals surface area contributed by atoms with Crippen molar-refractivity contribution in [2.75, 3.05) is 20.3 Å². The zero-order chi connectivity index (χ0) is 12.7. The molecule has 0 aliphatic heterocycles. The first kappa shape index (κ1) is 13.5. The number of rotatable bonds is 4. The summed E-state index contributed by atoms with van der Waals surface area (Å²) in [6.07, 6.45) is -0.0646. The van der Waals surface area contributed by atoms with Gasteiger partial charge >= 0.3 is 0 Å². The van der Waals surface area contributed by atoms with Crippen LogP contribution in [0.2, 0.25) is 0 Å². The van der Waals surface area contributed by atoms with Crippen LogP contribution in [0.1, 0.15) is 12.5 Å². The molecular weight excluding hydrogens is 223 g/mol. The van der Waals surface area contributed by atoms with E-state index in [2.05, 4.69) is 11.8 Å². The molecule has 0 amide bonds. The van der Waals surface area contributed by atoms with Crippen molar-refractivity contribution >= 4 is 0 Å². The van der Waals surface area contributed by atoms with E-state index < -0.39 is 5.82 Å². The molecule has 0 aliphatic rings. The number of methoxy groups -OCH3 is 1. The molecule has 1 aromatic rings. The molecule has 4 heteroatoms. The number of aliphatic hydroxyl groups is 1. The second-order valence-corrected chi connectivity index (χ2v) is 3.49. The van der Waals surface area contributed by atoms with Crippen molar-refractivity contribution in [2.45, 2.75) is 13.0 Å². The summed E-state index contributed by atoms with van der Waals surface area (Å²) in [5, 5.41) is 8.56. The number of halogens is 1. The average Bonchev–Trinajstić information content (AvgIpc) is 2.32. The highest BCUT2D eigenvalue weighted by Crippen LogP contribution is 2.16. The molecule has 0 heterocycles. The number of benzene rings is 1. The first-order valence-corrected chi connectivity index (χ1v) is 5.21. The first-order chi connectivity index (χ1) is 8.15. The predicted molar refractivity (Wildman–Crippen MR) is 62.3 cm³/mol. The van der Waals surface area contributed by atoms with Crippen LogP contribution in [0.15, 0.2) is 18.2 Å². The van der Waals surface area contributed by atoms with Crippen LogP contribution < -0.4 is 4.74 Å². The van der Waals surface area contributed by atoms with Gasteiger partial charge < -0.3 is 14.6 Å². The van der Waals surface area contributed by atoms with Gasteiger partial charge in [0.15, 0.2) is 0 Å². The summed E-state index contributed by atoms with van der Waals surface area (Å²) in [5.41, 5.74) is 0.471. The molecule has 0 radical (unpaired) electrons. The minimum Gasteiger partial charge on any atom is -0.491 e. The van der Waals surface area contributed by atoms with Gasteiger partial charge in [-0.3, -0.25) is 0 Å². The van der Waals surface area contributed by atoms with E-state index in [4.69, 9.17) is 14.6 Å². The van der Waals surface area contributed by atoms with Gasteiger partial charge in [0.25, 0.3) is 0 Å². The lowest BCUT2D eigenvalue weighted by molar-refractivity contribution is 0.0715. The quantitative estimate of drug-likeness (QED) is 0.809. The summed E-state index contributed by atoms with van der Waals surface area (Å²) < 4.78 is 23.6. The Bertz CT molecular complexity index is 420. The third kappa shape index (κ3) is 4.85. The summed E-state index contributed by atoms with van der Waals surface area (Å²) in [5.74, 6) is 5.06. The Morgan fingerprint density at radius 3 is 2.82 bits per heavy atom. The molecule has 0 spiro atoms. The second-order valence-electron chi connectivity index (χ2n) is 3.49. The Morgan fingerprint density at radius 1 is 1.41 bits per heavy atom. The Labute approximate surface area is 100 Å². The van der Waals surface area contributed by atoms with Crippen LogP contribution >= 0.6 is 0 Å². The van der Waals surface area contributed by atoms with Gasteiger partial charge in [0, 0.05) is 18.7 Å². The Hall–Kier alpha value is -1.57. The van der Waals surface area contributed by atoms with Crippen LogP contribution in [-0.4, -0.2) is 31.5 Å². The smallest absolute Gasteiger partial charge is 0.128 e. The monoisotopic (exact) mass is 238 g/mol. The molecule has 0 fully saturated rings. The average molecular weight is 238 g/mol. The topological polar surface area (TPSA) is 38.7 Å². The normalized spacial score (nSPS) is 11.5. The number of hydrogen-bond donors (Lipinski definition) is 1. The molecule has 92 valence electrons. The molecule has 0 saturated heterocycles. The summed E-state index contributed by atoms with van der Waals surface area (Å²) >= 11 is 0. The standard InChI is InChI=1S/C13H15FO3/c1-10(16-2)9-17-13-7-11(4-3-5-15)6-12(14)8-13/h6-8,10,15H,5,9H2,1-2H3. The van der Waals surface area contributed by atoms with Gasteiger partial charge in [-0.2, -0.15) is 0 Å². The van der Waals surface area contributed by atoms with E-state index in [1.54, 1.807) is 13.2 Å². The summed E-state index contributed by atoms with van der Waals surface area (Å²) in [7, 11) is 1.58. The van der Waals surface area contributed by atoms with E-state index in [0.29, 0.717) is 17.9 Å². The molecule has 0 saturated carbocycles. The molecule has 1 atom stereocenters. The van der Waals surface area contributed by atoms with E-state index in [1.165, 1.54) is 12.1 Å². The largest absolute Gasteiger partial charge is 0.491 e. The fourth-order valence-electron chi connectivity index (χ4n) is 1.14. The second kappa shape index (κ2) is 6.89. The van der Waals surface area contributed by atoms with Crippen LogP contribution in [0.5, 0.6) is 5.75 Å². The molecule has 0 aliphatic carbocycles. The van der Waals surface area contributed by atoms with Gasteiger partial charge in [-0.05, 0) is 19.1 Å². The number of aliphatic hydroxyl groups excluding tert-OH is 1. The number of hydrogen-bond acceptors (Lipinski definition) is 3. The van der Waals surface area contributed by atoms with Gasteiger partial charge in [-0.25, -0.2) is 4.39 Å². The van der Waals surface area contributed by atoms with Crippen LogP contribution in [0.3, 0.4) is 0 Å². The highest BCUT2D eigenvalue weighted by atomic mass is 19.1. The van der Waals surface area contributed by atoms with Gasteiger partial charge in [0.2, 0.25) is 0 Å². The summed E-state index contributed by atoms with van der Waals surface area (Å²) in [6, 6.07) is 4.19. The number of ether oxygens (including phenoxy) is 2. The van der Waals surface area contributed by atoms with E-state index in [1.807, 2.05) is 6.92 Å². The first-order valence-electron chi connectivity index (χ1n) is 5.21. The third-order valence-electron chi connectivity index (χ3n) is 2.07. The molecule has 1 aromatic carbocycles. The van der Waals surface area contributed by atoms with E-state index >= 15 is 0 Å².